The first-order valence-electron chi connectivity index (χ1n) is 5.53. The number of nitrogens with one attached hydrogen (secondary N) is 1. The number of hydrogen-bond acceptors (Lipinski definition) is 3. The molecule has 0 atom stereocenters. The second-order valence-corrected chi connectivity index (χ2v) is 4.41. The van der Waals surface area contributed by atoms with Crippen LogP contribution in [0.5, 0.6) is 0 Å². The Morgan fingerprint density at radius 3 is 2.81 bits per heavy atom. The highest BCUT2D eigenvalue weighted by atomic mass is 35.5. The second-order valence-electron chi connectivity index (χ2n) is 4.00. The van der Waals surface area contributed by atoms with E-state index in [2.05, 4.69) is 5.32 Å². The van der Waals surface area contributed by atoms with Gasteiger partial charge >= 0.3 is 0 Å². The molecule has 0 aliphatic carbocycles. The molecule has 2 rings (SSSR count). The molecule has 1 fully saturated rings. The lowest BCUT2D eigenvalue weighted by Crippen LogP contribution is -2.27. The van der Waals surface area contributed by atoms with E-state index in [1.807, 2.05) is 18.2 Å². The number of aliphatic hydroxyl groups excluding tert-OH is 1. The van der Waals surface area contributed by atoms with Gasteiger partial charge in [-0.2, -0.15) is 0 Å². The van der Waals surface area contributed by atoms with E-state index in [1.54, 1.807) is 0 Å². The van der Waals surface area contributed by atoms with Crippen LogP contribution in [0.3, 0.4) is 0 Å². The third-order valence-corrected chi connectivity index (χ3v) is 3.12. The van der Waals surface area contributed by atoms with E-state index < -0.39 is 0 Å². The summed E-state index contributed by atoms with van der Waals surface area (Å²) in [4.78, 5) is 0. The van der Waals surface area contributed by atoms with Crippen LogP contribution in [0.25, 0.3) is 0 Å². The van der Waals surface area contributed by atoms with Crippen LogP contribution >= 0.6 is 11.6 Å². The molecule has 1 aliphatic heterocycles. The maximum atomic E-state index is 9.07. The lowest BCUT2D eigenvalue weighted by Gasteiger charge is -2.24. The predicted molar refractivity (Wildman–Crippen MR) is 64.8 cm³/mol. The van der Waals surface area contributed by atoms with Gasteiger partial charge in [0, 0.05) is 19.3 Å². The molecule has 1 aromatic carbocycles. The van der Waals surface area contributed by atoms with Crippen molar-refractivity contribution in [3.05, 3.63) is 28.8 Å². The lowest BCUT2D eigenvalue weighted by atomic mass is 10.1. The van der Waals surface area contributed by atoms with E-state index in [0.717, 1.165) is 37.3 Å². The average Bonchev–Trinajstić information content (AvgIpc) is 2.33. The zero-order valence-electron chi connectivity index (χ0n) is 9.08. The Balaban J connectivity index is 2.06. The fourth-order valence-electron chi connectivity index (χ4n) is 1.84. The molecule has 2 N–H and O–H groups in total. The predicted octanol–water partition coefficient (Wildman–Crippen LogP) is 2.42. The molecule has 0 radical (unpaired) electrons. The van der Waals surface area contributed by atoms with Crippen LogP contribution in [0.15, 0.2) is 18.2 Å². The van der Waals surface area contributed by atoms with E-state index in [9.17, 15) is 0 Å². The monoisotopic (exact) mass is 241 g/mol. The molecule has 88 valence electrons. The van der Waals surface area contributed by atoms with Gasteiger partial charge in [-0.05, 0) is 30.5 Å². The summed E-state index contributed by atoms with van der Waals surface area (Å²) in [5.41, 5.74) is 1.78. The Morgan fingerprint density at radius 1 is 1.38 bits per heavy atom. The highest BCUT2D eigenvalue weighted by Crippen LogP contribution is 2.25. The zero-order chi connectivity index (χ0) is 11.4. The molecule has 1 aromatic rings. The molecule has 0 bridgehead atoms. The second kappa shape index (κ2) is 5.53. The average molecular weight is 242 g/mol. The van der Waals surface area contributed by atoms with Crippen LogP contribution in [-0.4, -0.2) is 24.4 Å². The summed E-state index contributed by atoms with van der Waals surface area (Å²) in [7, 11) is 0. The van der Waals surface area contributed by atoms with Gasteiger partial charge in [0.15, 0.2) is 0 Å². The molecule has 0 spiro atoms. The standard InChI is InChI=1S/C12H16ClNO2/c13-11-2-1-9(8-15)7-12(11)14-10-3-5-16-6-4-10/h1-2,7,10,14-15H,3-6,8H2. The minimum Gasteiger partial charge on any atom is -0.392 e. The van der Waals surface area contributed by atoms with Gasteiger partial charge in [-0.25, -0.2) is 0 Å². The molecular weight excluding hydrogens is 226 g/mol. The van der Waals surface area contributed by atoms with E-state index in [4.69, 9.17) is 21.4 Å². The molecule has 0 aromatic heterocycles. The van der Waals surface area contributed by atoms with Crippen LogP contribution in [0.4, 0.5) is 5.69 Å². The normalized spacial score (nSPS) is 17.4. The van der Waals surface area contributed by atoms with Crippen molar-refractivity contribution in [3.63, 3.8) is 0 Å². The van der Waals surface area contributed by atoms with Gasteiger partial charge in [0.25, 0.3) is 0 Å². The third kappa shape index (κ3) is 2.88. The first-order valence-corrected chi connectivity index (χ1v) is 5.91. The summed E-state index contributed by atoms with van der Waals surface area (Å²) in [6, 6.07) is 5.96. The van der Waals surface area contributed by atoms with E-state index in [1.165, 1.54) is 0 Å². The van der Waals surface area contributed by atoms with Crippen molar-refractivity contribution in [2.24, 2.45) is 0 Å². The molecule has 3 nitrogen and oxygen atoms in total. The number of ether oxygens (including phenoxy) is 1. The molecule has 16 heavy (non-hydrogen) atoms. The van der Waals surface area contributed by atoms with Crippen LogP contribution in [0.2, 0.25) is 5.02 Å². The third-order valence-electron chi connectivity index (χ3n) is 2.79. The number of anilines is 1. The molecule has 4 heteroatoms. The Bertz CT molecular complexity index is 351. The van der Waals surface area contributed by atoms with Crippen molar-refractivity contribution in [2.45, 2.75) is 25.5 Å². The van der Waals surface area contributed by atoms with Crippen molar-refractivity contribution < 1.29 is 9.84 Å². The minimum absolute atomic E-state index is 0.0413. The fraction of sp³-hybridized carbons (Fsp3) is 0.500. The summed E-state index contributed by atoms with van der Waals surface area (Å²) < 4.78 is 5.30. The highest BCUT2D eigenvalue weighted by Gasteiger charge is 2.14. The number of aliphatic hydroxyl groups is 1. The largest absolute Gasteiger partial charge is 0.392 e. The topological polar surface area (TPSA) is 41.5 Å². The fourth-order valence-corrected chi connectivity index (χ4v) is 2.02. The van der Waals surface area contributed by atoms with Crippen molar-refractivity contribution in [1.82, 2.24) is 0 Å². The minimum atomic E-state index is 0.0413. The maximum absolute atomic E-state index is 9.07. The van der Waals surface area contributed by atoms with Gasteiger partial charge in [0.2, 0.25) is 0 Å². The summed E-state index contributed by atoms with van der Waals surface area (Å²) >= 11 is 6.10. The van der Waals surface area contributed by atoms with Crippen molar-refractivity contribution in [2.75, 3.05) is 18.5 Å². The molecular formula is C12H16ClNO2. The number of hydrogen-bond donors (Lipinski definition) is 2. The van der Waals surface area contributed by atoms with Crippen LogP contribution in [0.1, 0.15) is 18.4 Å². The molecule has 1 aliphatic rings. The van der Waals surface area contributed by atoms with E-state index >= 15 is 0 Å². The van der Waals surface area contributed by atoms with E-state index in [-0.39, 0.29) is 6.61 Å². The summed E-state index contributed by atoms with van der Waals surface area (Å²) in [5, 5.41) is 13.2. The smallest absolute Gasteiger partial charge is 0.0682 e. The van der Waals surface area contributed by atoms with Gasteiger partial charge in [0.1, 0.15) is 0 Å². The van der Waals surface area contributed by atoms with Gasteiger partial charge < -0.3 is 15.2 Å². The van der Waals surface area contributed by atoms with Crippen molar-refractivity contribution in [1.29, 1.82) is 0 Å². The Hall–Kier alpha value is -0.770. The molecule has 0 unspecified atom stereocenters. The first-order chi connectivity index (χ1) is 7.79. The van der Waals surface area contributed by atoms with Gasteiger partial charge in [-0.15, -0.1) is 0 Å². The summed E-state index contributed by atoms with van der Waals surface area (Å²) in [5.74, 6) is 0. The summed E-state index contributed by atoms with van der Waals surface area (Å²) in [6.07, 6.45) is 2.00. The van der Waals surface area contributed by atoms with Crippen LogP contribution < -0.4 is 5.32 Å². The quantitative estimate of drug-likeness (QED) is 0.854. The Kier molecular flexibility index (Phi) is 4.04. The SMILES string of the molecule is OCc1ccc(Cl)c(NC2CCOCC2)c1. The molecule has 0 amide bonds. The van der Waals surface area contributed by atoms with Crippen LogP contribution in [0, 0.1) is 0 Å². The van der Waals surface area contributed by atoms with Crippen molar-refractivity contribution >= 4 is 17.3 Å². The number of rotatable bonds is 3. The number of halogens is 1. The van der Waals surface area contributed by atoms with Gasteiger partial charge in [-0.3, -0.25) is 0 Å². The zero-order valence-corrected chi connectivity index (χ0v) is 9.83. The molecule has 0 saturated carbocycles. The number of benzene rings is 1. The molecule has 1 saturated heterocycles. The Morgan fingerprint density at radius 2 is 2.12 bits per heavy atom. The summed E-state index contributed by atoms with van der Waals surface area (Å²) in [6.45, 7) is 1.64. The highest BCUT2D eigenvalue weighted by molar-refractivity contribution is 6.33. The maximum Gasteiger partial charge on any atom is 0.0682 e. The van der Waals surface area contributed by atoms with Crippen LogP contribution in [-0.2, 0) is 11.3 Å². The van der Waals surface area contributed by atoms with Gasteiger partial charge in [-0.1, -0.05) is 17.7 Å². The van der Waals surface area contributed by atoms with Gasteiger partial charge in [0.05, 0.1) is 17.3 Å². The lowest BCUT2D eigenvalue weighted by molar-refractivity contribution is 0.0904. The molecule has 1 heterocycles. The van der Waals surface area contributed by atoms with Crippen molar-refractivity contribution in [3.8, 4) is 0 Å². The van der Waals surface area contributed by atoms with E-state index in [0.29, 0.717) is 11.1 Å². The first kappa shape index (κ1) is 11.7. The Labute approximate surface area is 100 Å².